The van der Waals surface area contributed by atoms with E-state index in [1.807, 2.05) is 0 Å². The van der Waals surface area contributed by atoms with Crippen LogP contribution >= 0.6 is 0 Å². The maximum Gasteiger partial charge on any atom is 0.147 e. The van der Waals surface area contributed by atoms with Crippen LogP contribution in [0.3, 0.4) is 0 Å². The predicted molar refractivity (Wildman–Crippen MR) is 57.0 cm³/mol. The Hall–Kier alpha value is -1.32. The number of hydrogen-bond donors (Lipinski definition) is 1. The van der Waals surface area contributed by atoms with Crippen molar-refractivity contribution < 1.29 is 0 Å². The molecule has 0 radical (unpaired) electrons. The standard InChI is InChI=1S/C10H16N4/c1-7-5-14(6-8(7)2)10-4-12-9(11)3-13-10/h3-4,7-8H,5-6H2,1-2H3,(H2,11,12). The van der Waals surface area contributed by atoms with Gasteiger partial charge in [0.15, 0.2) is 0 Å². The summed E-state index contributed by atoms with van der Waals surface area (Å²) in [5, 5.41) is 0. The largest absolute Gasteiger partial charge is 0.382 e. The molecule has 2 rings (SSSR count). The van der Waals surface area contributed by atoms with Crippen molar-refractivity contribution in [2.45, 2.75) is 13.8 Å². The minimum Gasteiger partial charge on any atom is -0.382 e. The molecule has 2 N–H and O–H groups in total. The van der Waals surface area contributed by atoms with Crippen molar-refractivity contribution in [3.05, 3.63) is 12.4 Å². The second-order valence-corrected chi connectivity index (χ2v) is 4.16. The predicted octanol–water partition coefficient (Wildman–Crippen LogP) is 1.15. The molecule has 0 amide bonds. The molecule has 0 bridgehead atoms. The number of nitrogens with zero attached hydrogens (tertiary/aromatic N) is 3. The smallest absolute Gasteiger partial charge is 0.147 e. The Morgan fingerprint density at radius 2 is 1.86 bits per heavy atom. The molecule has 14 heavy (non-hydrogen) atoms. The van der Waals surface area contributed by atoms with E-state index in [1.165, 1.54) is 0 Å². The van der Waals surface area contributed by atoms with Crippen LogP contribution in [0.4, 0.5) is 11.6 Å². The van der Waals surface area contributed by atoms with Crippen LogP contribution in [0.5, 0.6) is 0 Å². The first kappa shape index (κ1) is 9.24. The second kappa shape index (κ2) is 3.44. The average Bonchev–Trinajstić information content (AvgIpc) is 2.48. The third-order valence-electron chi connectivity index (χ3n) is 2.97. The highest BCUT2D eigenvalue weighted by Crippen LogP contribution is 2.25. The van der Waals surface area contributed by atoms with Crippen LogP contribution in [0.15, 0.2) is 12.4 Å². The first-order valence-corrected chi connectivity index (χ1v) is 4.99. The van der Waals surface area contributed by atoms with Gasteiger partial charge in [-0.1, -0.05) is 13.8 Å². The molecule has 1 fully saturated rings. The van der Waals surface area contributed by atoms with Gasteiger partial charge in [-0.2, -0.15) is 0 Å². The summed E-state index contributed by atoms with van der Waals surface area (Å²) < 4.78 is 0. The molecule has 0 spiro atoms. The van der Waals surface area contributed by atoms with Gasteiger partial charge in [0.25, 0.3) is 0 Å². The minimum absolute atomic E-state index is 0.481. The molecule has 1 aliphatic rings. The molecular formula is C10H16N4. The van der Waals surface area contributed by atoms with Gasteiger partial charge in [0.1, 0.15) is 11.6 Å². The van der Waals surface area contributed by atoms with E-state index < -0.39 is 0 Å². The summed E-state index contributed by atoms with van der Waals surface area (Å²) in [6.45, 7) is 6.68. The van der Waals surface area contributed by atoms with Gasteiger partial charge in [-0.3, -0.25) is 0 Å². The van der Waals surface area contributed by atoms with Crippen LogP contribution in [0, 0.1) is 11.8 Å². The number of aromatic nitrogens is 2. The zero-order chi connectivity index (χ0) is 10.1. The average molecular weight is 192 g/mol. The van der Waals surface area contributed by atoms with E-state index in [-0.39, 0.29) is 0 Å². The molecule has 0 aromatic carbocycles. The van der Waals surface area contributed by atoms with Gasteiger partial charge in [-0.25, -0.2) is 9.97 Å². The van der Waals surface area contributed by atoms with Crippen LogP contribution in [0.25, 0.3) is 0 Å². The topological polar surface area (TPSA) is 55.0 Å². The Kier molecular flexibility index (Phi) is 2.27. The van der Waals surface area contributed by atoms with Crippen molar-refractivity contribution in [2.75, 3.05) is 23.7 Å². The molecule has 1 aromatic rings. The molecule has 2 unspecified atom stereocenters. The van der Waals surface area contributed by atoms with Crippen molar-refractivity contribution in [2.24, 2.45) is 11.8 Å². The normalized spacial score (nSPS) is 26.9. The van der Waals surface area contributed by atoms with E-state index in [0.29, 0.717) is 5.82 Å². The number of hydrogen-bond acceptors (Lipinski definition) is 4. The third kappa shape index (κ3) is 1.64. The highest BCUT2D eigenvalue weighted by Gasteiger charge is 2.26. The molecule has 2 atom stereocenters. The number of anilines is 2. The van der Waals surface area contributed by atoms with Gasteiger partial charge in [-0.15, -0.1) is 0 Å². The van der Waals surface area contributed by atoms with Crippen molar-refractivity contribution in [1.82, 2.24) is 9.97 Å². The lowest BCUT2D eigenvalue weighted by molar-refractivity contribution is 0.494. The summed E-state index contributed by atoms with van der Waals surface area (Å²) in [7, 11) is 0. The summed E-state index contributed by atoms with van der Waals surface area (Å²) >= 11 is 0. The van der Waals surface area contributed by atoms with Crippen LogP contribution in [-0.4, -0.2) is 23.1 Å². The molecule has 2 heterocycles. The van der Waals surface area contributed by atoms with Gasteiger partial charge in [0, 0.05) is 13.1 Å². The SMILES string of the molecule is CC1CN(c2cnc(N)cn2)CC1C. The first-order chi connectivity index (χ1) is 6.66. The van der Waals surface area contributed by atoms with E-state index in [4.69, 9.17) is 5.73 Å². The lowest BCUT2D eigenvalue weighted by atomic mass is 10.0. The Labute approximate surface area is 84.2 Å². The van der Waals surface area contributed by atoms with Crippen LogP contribution in [0.2, 0.25) is 0 Å². The van der Waals surface area contributed by atoms with Gasteiger partial charge < -0.3 is 10.6 Å². The Balaban J connectivity index is 2.13. The summed E-state index contributed by atoms with van der Waals surface area (Å²) in [5.41, 5.74) is 5.49. The Bertz CT molecular complexity index is 298. The fourth-order valence-corrected chi connectivity index (χ4v) is 1.81. The van der Waals surface area contributed by atoms with E-state index in [1.54, 1.807) is 12.4 Å². The maximum absolute atomic E-state index is 5.49. The molecule has 1 aliphatic heterocycles. The molecule has 1 saturated heterocycles. The lowest BCUT2D eigenvalue weighted by Crippen LogP contribution is -2.20. The van der Waals surface area contributed by atoms with E-state index in [0.717, 1.165) is 30.7 Å². The zero-order valence-electron chi connectivity index (χ0n) is 8.64. The van der Waals surface area contributed by atoms with Crippen molar-refractivity contribution >= 4 is 11.6 Å². The van der Waals surface area contributed by atoms with Crippen LogP contribution in [-0.2, 0) is 0 Å². The molecule has 1 aromatic heterocycles. The van der Waals surface area contributed by atoms with Crippen LogP contribution in [0.1, 0.15) is 13.8 Å². The van der Waals surface area contributed by atoms with E-state index in [9.17, 15) is 0 Å². The third-order valence-corrected chi connectivity index (χ3v) is 2.97. The molecule has 0 saturated carbocycles. The highest BCUT2D eigenvalue weighted by molar-refractivity contribution is 5.40. The van der Waals surface area contributed by atoms with Crippen LogP contribution < -0.4 is 10.6 Å². The minimum atomic E-state index is 0.481. The Morgan fingerprint density at radius 3 is 2.36 bits per heavy atom. The zero-order valence-corrected chi connectivity index (χ0v) is 8.64. The lowest BCUT2D eigenvalue weighted by Gasteiger charge is -2.16. The van der Waals surface area contributed by atoms with Crippen molar-refractivity contribution in [3.8, 4) is 0 Å². The number of nitrogens with two attached hydrogens (primary N) is 1. The monoisotopic (exact) mass is 192 g/mol. The first-order valence-electron chi connectivity index (χ1n) is 4.99. The number of rotatable bonds is 1. The summed E-state index contributed by atoms with van der Waals surface area (Å²) in [6.07, 6.45) is 3.36. The quantitative estimate of drug-likeness (QED) is 0.725. The summed E-state index contributed by atoms with van der Waals surface area (Å²) in [6, 6.07) is 0. The van der Waals surface area contributed by atoms with E-state index in [2.05, 4.69) is 28.7 Å². The molecule has 4 nitrogen and oxygen atoms in total. The second-order valence-electron chi connectivity index (χ2n) is 4.16. The summed E-state index contributed by atoms with van der Waals surface area (Å²) in [5.74, 6) is 2.88. The fraction of sp³-hybridized carbons (Fsp3) is 0.600. The molecule has 76 valence electrons. The molecule has 0 aliphatic carbocycles. The highest BCUT2D eigenvalue weighted by atomic mass is 15.2. The van der Waals surface area contributed by atoms with Gasteiger partial charge in [-0.05, 0) is 11.8 Å². The Morgan fingerprint density at radius 1 is 1.21 bits per heavy atom. The van der Waals surface area contributed by atoms with Crippen molar-refractivity contribution in [3.63, 3.8) is 0 Å². The van der Waals surface area contributed by atoms with Gasteiger partial charge in [0.2, 0.25) is 0 Å². The fourth-order valence-electron chi connectivity index (χ4n) is 1.81. The molecule has 4 heteroatoms. The van der Waals surface area contributed by atoms with E-state index >= 15 is 0 Å². The maximum atomic E-state index is 5.49. The van der Waals surface area contributed by atoms with Crippen molar-refractivity contribution in [1.29, 1.82) is 0 Å². The van der Waals surface area contributed by atoms with Gasteiger partial charge >= 0.3 is 0 Å². The number of nitrogen functional groups attached to an aromatic ring is 1. The van der Waals surface area contributed by atoms with Gasteiger partial charge in [0.05, 0.1) is 12.4 Å². The molecular weight excluding hydrogens is 176 g/mol. The summed E-state index contributed by atoms with van der Waals surface area (Å²) in [4.78, 5) is 10.6.